The van der Waals surface area contributed by atoms with E-state index < -0.39 is 23.5 Å². The number of hydrogen-bond acceptors (Lipinski definition) is 4. The van der Waals surface area contributed by atoms with E-state index in [2.05, 4.69) is 32.0 Å². The number of rotatable bonds is 3. The average molecular weight is 368 g/mol. The number of hydrogen-bond donors (Lipinski definition) is 1. The lowest BCUT2D eigenvalue weighted by Gasteiger charge is -2.39. The molecule has 0 unspecified atom stereocenters. The highest BCUT2D eigenvalue weighted by molar-refractivity contribution is 5.93. The molecule has 1 aromatic rings. The zero-order chi connectivity index (χ0) is 18.9. The van der Waals surface area contributed by atoms with Gasteiger partial charge >= 0.3 is 0 Å². The Labute approximate surface area is 158 Å². The number of β-amino-alcohol motifs (C(OH)–C–C–N with tert-alkyl or cyclic N) is 1. The second-order valence-corrected chi connectivity index (χ2v) is 8.41. The van der Waals surface area contributed by atoms with Crippen molar-refractivity contribution in [3.05, 3.63) is 47.0 Å². The number of carbonyl (C=O) groups is 2. The fourth-order valence-corrected chi connectivity index (χ4v) is 4.96. The summed E-state index contributed by atoms with van der Waals surface area (Å²) in [6.45, 7) is 5.87. The fraction of sp³-hybridized carbons (Fsp3) is 0.524. The van der Waals surface area contributed by atoms with Gasteiger partial charge in [-0.3, -0.25) is 9.59 Å². The van der Waals surface area contributed by atoms with Gasteiger partial charge in [0.15, 0.2) is 0 Å². The van der Waals surface area contributed by atoms with Crippen molar-refractivity contribution in [3.8, 4) is 0 Å². The van der Waals surface area contributed by atoms with E-state index in [1.807, 2.05) is 17.1 Å². The first-order valence-corrected chi connectivity index (χ1v) is 9.57. The first-order valence-electron chi connectivity index (χ1n) is 9.57. The van der Waals surface area contributed by atoms with Crippen LogP contribution in [-0.4, -0.2) is 64.2 Å². The number of fused-ring (bicyclic) bond motifs is 1. The highest BCUT2D eigenvalue weighted by Gasteiger charge is 2.67. The number of ether oxygens (including phenoxy) is 1. The van der Waals surface area contributed by atoms with Crippen molar-refractivity contribution in [2.45, 2.75) is 38.2 Å². The second-order valence-electron chi connectivity index (χ2n) is 8.41. The van der Waals surface area contributed by atoms with Crippen LogP contribution in [0.5, 0.6) is 0 Å². The maximum absolute atomic E-state index is 13.2. The Morgan fingerprint density at radius 2 is 2.07 bits per heavy atom. The molecule has 3 saturated heterocycles. The van der Waals surface area contributed by atoms with E-state index in [1.165, 1.54) is 11.1 Å². The van der Waals surface area contributed by atoms with Crippen molar-refractivity contribution in [2.75, 3.05) is 19.6 Å². The molecule has 1 spiro atoms. The van der Waals surface area contributed by atoms with Crippen molar-refractivity contribution < 1.29 is 19.4 Å². The third-order valence-electron chi connectivity index (χ3n) is 6.58. The van der Waals surface area contributed by atoms with E-state index in [0.29, 0.717) is 26.2 Å². The molecule has 0 aliphatic carbocycles. The Balaban J connectivity index is 1.39. The molecule has 6 nitrogen and oxygen atoms in total. The number of benzene rings is 1. The first kappa shape index (κ1) is 17.0. The normalized spacial score (nSPS) is 34.3. The van der Waals surface area contributed by atoms with Crippen LogP contribution >= 0.6 is 0 Å². The number of likely N-dealkylation sites (tertiary alicyclic amines) is 2. The van der Waals surface area contributed by atoms with Gasteiger partial charge in [-0.1, -0.05) is 30.4 Å². The Hall–Kier alpha value is -2.18. The highest BCUT2D eigenvalue weighted by Crippen LogP contribution is 2.52. The third kappa shape index (κ3) is 2.39. The van der Waals surface area contributed by atoms with Gasteiger partial charge in [0.25, 0.3) is 0 Å². The standard InChI is InChI=1S/C21H24N2O4/c1-12-3-4-14(7-13(12)2)8-23-11-21-6-5-16(27-21)17(18(21)20(23)26)19(25)22-9-15(24)10-22/h3-7,15-18,24H,8-11H2,1-2H3/t16-,17+,18-,21-/m0/s1. The van der Waals surface area contributed by atoms with Crippen LogP contribution in [0.2, 0.25) is 0 Å². The van der Waals surface area contributed by atoms with Crippen molar-refractivity contribution in [1.29, 1.82) is 0 Å². The molecular weight excluding hydrogens is 344 g/mol. The van der Waals surface area contributed by atoms with Gasteiger partial charge in [0.2, 0.25) is 11.8 Å². The summed E-state index contributed by atoms with van der Waals surface area (Å²) in [5, 5.41) is 9.51. The van der Waals surface area contributed by atoms with Crippen molar-refractivity contribution in [2.24, 2.45) is 11.8 Å². The lowest BCUT2D eigenvalue weighted by molar-refractivity contribution is -0.151. The second kappa shape index (κ2) is 5.66. The Kier molecular flexibility index (Phi) is 3.55. The van der Waals surface area contributed by atoms with Crippen LogP contribution in [0.25, 0.3) is 0 Å². The molecular formula is C21H24N2O4. The van der Waals surface area contributed by atoms with Crippen LogP contribution in [0.15, 0.2) is 30.4 Å². The van der Waals surface area contributed by atoms with E-state index in [0.717, 1.165) is 5.56 Å². The SMILES string of the molecule is Cc1ccc(CN2C[C@]34C=C[C@H](O3)[C@@H](C(=O)N3CC(O)C3)[C@H]4C2=O)cc1C. The van der Waals surface area contributed by atoms with Gasteiger partial charge in [0, 0.05) is 19.6 Å². The monoisotopic (exact) mass is 368 g/mol. The van der Waals surface area contributed by atoms with Crippen LogP contribution in [0.1, 0.15) is 16.7 Å². The summed E-state index contributed by atoms with van der Waals surface area (Å²) in [4.78, 5) is 29.6. The zero-order valence-corrected chi connectivity index (χ0v) is 15.6. The molecule has 4 aliphatic rings. The van der Waals surface area contributed by atoms with Crippen LogP contribution < -0.4 is 0 Å². The molecule has 2 bridgehead atoms. The van der Waals surface area contributed by atoms with Gasteiger partial charge in [-0.2, -0.15) is 0 Å². The number of aryl methyl sites for hydroxylation is 2. The number of carbonyl (C=O) groups excluding carboxylic acids is 2. The molecule has 0 saturated carbocycles. The summed E-state index contributed by atoms with van der Waals surface area (Å²) in [5.74, 6) is -0.994. The molecule has 142 valence electrons. The molecule has 3 fully saturated rings. The van der Waals surface area contributed by atoms with E-state index in [4.69, 9.17) is 4.74 Å². The summed E-state index contributed by atoms with van der Waals surface area (Å²) < 4.78 is 6.16. The Bertz CT molecular complexity index is 860. The molecule has 6 heteroatoms. The van der Waals surface area contributed by atoms with E-state index >= 15 is 0 Å². The smallest absolute Gasteiger partial charge is 0.230 e. The molecule has 0 radical (unpaired) electrons. The molecule has 0 aromatic heterocycles. The summed E-state index contributed by atoms with van der Waals surface area (Å²) in [6.07, 6.45) is 3.14. The maximum Gasteiger partial charge on any atom is 0.230 e. The number of nitrogens with zero attached hydrogens (tertiary/aromatic N) is 2. The third-order valence-corrected chi connectivity index (χ3v) is 6.58. The zero-order valence-electron chi connectivity index (χ0n) is 15.6. The van der Waals surface area contributed by atoms with E-state index in [1.54, 1.807) is 4.90 Å². The topological polar surface area (TPSA) is 70.1 Å². The minimum atomic E-state index is -0.675. The van der Waals surface area contributed by atoms with Gasteiger partial charge in [0.1, 0.15) is 5.60 Å². The predicted octanol–water partition coefficient (Wildman–Crippen LogP) is 0.789. The highest BCUT2D eigenvalue weighted by atomic mass is 16.5. The number of aliphatic hydroxyl groups is 1. The summed E-state index contributed by atoms with van der Waals surface area (Å²) in [7, 11) is 0. The minimum Gasteiger partial charge on any atom is -0.389 e. The predicted molar refractivity (Wildman–Crippen MR) is 97.6 cm³/mol. The largest absolute Gasteiger partial charge is 0.389 e. The molecule has 4 heterocycles. The van der Waals surface area contributed by atoms with Crippen molar-refractivity contribution >= 4 is 11.8 Å². The first-order chi connectivity index (χ1) is 12.9. The van der Waals surface area contributed by atoms with Gasteiger partial charge in [-0.15, -0.1) is 0 Å². The van der Waals surface area contributed by atoms with E-state index in [-0.39, 0.29) is 17.9 Å². The van der Waals surface area contributed by atoms with Crippen LogP contribution in [0.3, 0.4) is 0 Å². The molecule has 4 aliphatic heterocycles. The van der Waals surface area contributed by atoms with Gasteiger partial charge in [-0.25, -0.2) is 0 Å². The molecule has 27 heavy (non-hydrogen) atoms. The molecule has 4 atom stereocenters. The van der Waals surface area contributed by atoms with Crippen LogP contribution in [-0.2, 0) is 20.9 Å². The summed E-state index contributed by atoms with van der Waals surface area (Å²) in [5.41, 5.74) is 2.86. The molecule has 2 amide bonds. The van der Waals surface area contributed by atoms with Crippen molar-refractivity contribution in [1.82, 2.24) is 9.80 Å². The summed E-state index contributed by atoms with van der Waals surface area (Å²) in [6, 6.07) is 6.25. The Morgan fingerprint density at radius 1 is 1.30 bits per heavy atom. The quantitative estimate of drug-likeness (QED) is 0.801. The van der Waals surface area contributed by atoms with Gasteiger partial charge in [-0.05, 0) is 30.5 Å². The van der Waals surface area contributed by atoms with Gasteiger partial charge < -0.3 is 19.6 Å². The average Bonchev–Trinajstić information content (AvgIpc) is 3.23. The minimum absolute atomic E-state index is 0.000463. The molecule has 1 aromatic carbocycles. The summed E-state index contributed by atoms with van der Waals surface area (Å²) >= 11 is 0. The molecule has 1 N–H and O–H groups in total. The Morgan fingerprint density at radius 3 is 2.78 bits per heavy atom. The number of amides is 2. The van der Waals surface area contributed by atoms with Crippen LogP contribution in [0, 0.1) is 25.7 Å². The number of aliphatic hydroxyl groups excluding tert-OH is 1. The lowest BCUT2D eigenvalue weighted by Crippen LogP contribution is -2.57. The fourth-order valence-electron chi connectivity index (χ4n) is 4.96. The maximum atomic E-state index is 13.2. The van der Waals surface area contributed by atoms with Crippen LogP contribution in [0.4, 0.5) is 0 Å². The lowest BCUT2D eigenvalue weighted by atomic mass is 9.76. The molecule has 5 rings (SSSR count). The van der Waals surface area contributed by atoms with Crippen molar-refractivity contribution in [3.63, 3.8) is 0 Å². The van der Waals surface area contributed by atoms with Gasteiger partial charge in [0.05, 0.1) is 30.6 Å². The van der Waals surface area contributed by atoms with E-state index in [9.17, 15) is 14.7 Å².